The molecule has 1 aliphatic carbocycles. The van der Waals surface area contributed by atoms with Crippen molar-refractivity contribution < 1.29 is 24.5 Å². The zero-order chi connectivity index (χ0) is 22.9. The minimum atomic E-state index is -1.18. The Bertz CT molecular complexity index is 790. The molecule has 1 aliphatic rings. The number of benzene rings is 1. The lowest BCUT2D eigenvalue weighted by Gasteiger charge is -2.19. The lowest BCUT2D eigenvalue weighted by molar-refractivity contribution is -0.140. The quantitative estimate of drug-likeness (QED) is 0.290. The molecular weight excluding hydrogens is 460 g/mol. The number of unbranched alkanes of at least 4 members (excludes halogenated alkanes) is 3. The summed E-state index contributed by atoms with van der Waals surface area (Å²) in [5, 5.41) is 21.0. The van der Waals surface area contributed by atoms with Gasteiger partial charge in [0.1, 0.15) is 11.4 Å². The Hall–Kier alpha value is -1.68. The van der Waals surface area contributed by atoms with Gasteiger partial charge in [-0.25, -0.2) is 0 Å². The molecule has 0 saturated heterocycles. The van der Waals surface area contributed by atoms with Gasteiger partial charge in [-0.1, -0.05) is 59.2 Å². The van der Waals surface area contributed by atoms with Crippen LogP contribution in [0.1, 0.15) is 63.9 Å². The number of Topliss-reactive ketones (excluding diaryl/α,β-unsaturated/α-hetero) is 1. The average molecular weight is 493 g/mol. The van der Waals surface area contributed by atoms with Crippen molar-refractivity contribution in [2.45, 2.75) is 76.4 Å². The molecule has 0 aliphatic heterocycles. The molecule has 5 nitrogen and oxygen atoms in total. The summed E-state index contributed by atoms with van der Waals surface area (Å²) in [5.41, 5.74) is -0.0666. The van der Waals surface area contributed by atoms with Gasteiger partial charge in [0.15, 0.2) is 0 Å². The van der Waals surface area contributed by atoms with E-state index in [4.69, 9.17) is 0 Å². The maximum Gasteiger partial charge on any atom is 0.305 e. The van der Waals surface area contributed by atoms with Crippen LogP contribution in [0.25, 0.3) is 0 Å². The van der Waals surface area contributed by atoms with E-state index in [1.165, 1.54) is 7.11 Å². The Kier molecular flexibility index (Phi) is 10.2. The number of rotatable bonds is 10. The van der Waals surface area contributed by atoms with E-state index < -0.39 is 17.6 Å². The number of halogens is 1. The molecule has 31 heavy (non-hydrogen) atoms. The lowest BCUT2D eigenvalue weighted by Crippen LogP contribution is -2.25. The monoisotopic (exact) mass is 492 g/mol. The van der Waals surface area contributed by atoms with E-state index >= 15 is 0 Å². The maximum atomic E-state index is 12.4. The number of esters is 1. The number of ether oxygens (including phenoxy) is 1. The van der Waals surface area contributed by atoms with Gasteiger partial charge in [0.25, 0.3) is 0 Å². The second kappa shape index (κ2) is 12.4. The molecule has 0 unspecified atom stereocenters. The van der Waals surface area contributed by atoms with Crippen LogP contribution in [0.3, 0.4) is 0 Å². The van der Waals surface area contributed by atoms with Crippen LogP contribution in [-0.2, 0) is 20.7 Å². The summed E-state index contributed by atoms with van der Waals surface area (Å²) >= 11 is 3.41. The maximum absolute atomic E-state index is 12.4. The van der Waals surface area contributed by atoms with E-state index in [0.717, 1.165) is 35.7 Å². The van der Waals surface area contributed by atoms with E-state index in [-0.39, 0.29) is 24.1 Å². The zero-order valence-corrected chi connectivity index (χ0v) is 20.0. The summed E-state index contributed by atoms with van der Waals surface area (Å²) in [6.45, 7) is 1.68. The molecule has 2 N–H and O–H groups in total. The van der Waals surface area contributed by atoms with Crippen molar-refractivity contribution in [3.05, 3.63) is 34.3 Å². The Morgan fingerprint density at radius 1 is 1.23 bits per heavy atom. The standard InChI is InChI=1S/C25H33BrO5/c1-25(30,15-13-18-9-11-19(26)12-10-18)16-14-21-20(22(27)17-23(21)28)7-5-3-4-6-8-24(29)31-2/h9-12,20-21,23,28,30H,3-8,13,15,17H2,1-2H3/t20-,21-,23+,25+/m1/s1. The molecule has 170 valence electrons. The number of aliphatic hydroxyl groups is 2. The van der Waals surface area contributed by atoms with Crippen LogP contribution in [0.2, 0.25) is 0 Å². The normalized spacial score (nSPS) is 22.5. The van der Waals surface area contributed by atoms with E-state index in [2.05, 4.69) is 32.5 Å². The molecule has 0 aromatic heterocycles. The van der Waals surface area contributed by atoms with E-state index in [0.29, 0.717) is 25.7 Å². The number of hydrogen-bond donors (Lipinski definition) is 2. The molecule has 1 saturated carbocycles. The minimum absolute atomic E-state index is 0.0517. The molecule has 1 aromatic carbocycles. The highest BCUT2D eigenvalue weighted by molar-refractivity contribution is 9.10. The van der Waals surface area contributed by atoms with Crippen molar-refractivity contribution in [2.24, 2.45) is 11.8 Å². The van der Waals surface area contributed by atoms with Gasteiger partial charge in [0.05, 0.1) is 19.1 Å². The summed E-state index contributed by atoms with van der Waals surface area (Å²) in [6.07, 6.45) is 5.07. The van der Waals surface area contributed by atoms with Crippen molar-refractivity contribution in [1.29, 1.82) is 0 Å². The van der Waals surface area contributed by atoms with Crippen molar-refractivity contribution in [3.8, 4) is 11.8 Å². The summed E-state index contributed by atoms with van der Waals surface area (Å²) < 4.78 is 5.64. The van der Waals surface area contributed by atoms with E-state index in [9.17, 15) is 19.8 Å². The Balaban J connectivity index is 1.86. The van der Waals surface area contributed by atoms with Gasteiger partial charge in [0, 0.05) is 23.2 Å². The van der Waals surface area contributed by atoms with E-state index in [1.807, 2.05) is 24.3 Å². The highest BCUT2D eigenvalue weighted by Crippen LogP contribution is 2.33. The number of aliphatic hydroxyl groups excluding tert-OH is 1. The van der Waals surface area contributed by atoms with Crippen LogP contribution >= 0.6 is 15.9 Å². The Labute approximate surface area is 193 Å². The van der Waals surface area contributed by atoms with Crippen molar-refractivity contribution >= 4 is 27.7 Å². The van der Waals surface area contributed by atoms with Crippen molar-refractivity contribution in [2.75, 3.05) is 7.11 Å². The van der Waals surface area contributed by atoms with Gasteiger partial charge in [-0.3, -0.25) is 9.59 Å². The largest absolute Gasteiger partial charge is 0.469 e. The highest BCUT2D eigenvalue weighted by Gasteiger charge is 2.40. The number of methoxy groups -OCH3 is 1. The molecule has 0 spiro atoms. The predicted octanol–water partition coefficient (Wildman–Crippen LogP) is 4.22. The second-order valence-corrected chi connectivity index (χ2v) is 9.48. The third-order valence-corrected chi connectivity index (χ3v) is 6.40. The Morgan fingerprint density at radius 3 is 2.58 bits per heavy atom. The summed E-state index contributed by atoms with van der Waals surface area (Å²) in [6, 6.07) is 7.95. The molecule has 2 rings (SSSR count). The number of ketones is 1. The fourth-order valence-corrected chi connectivity index (χ4v) is 4.18. The predicted molar refractivity (Wildman–Crippen MR) is 123 cm³/mol. The topological polar surface area (TPSA) is 83.8 Å². The first-order valence-electron chi connectivity index (χ1n) is 11.0. The number of aryl methyl sites for hydroxylation is 1. The average Bonchev–Trinajstić information content (AvgIpc) is 3.00. The molecule has 0 amide bonds. The van der Waals surface area contributed by atoms with Gasteiger partial charge in [-0.2, -0.15) is 0 Å². The third kappa shape index (κ3) is 8.76. The van der Waals surface area contributed by atoms with Gasteiger partial charge in [0.2, 0.25) is 0 Å². The molecule has 0 heterocycles. The highest BCUT2D eigenvalue weighted by atomic mass is 79.9. The SMILES string of the molecule is COC(=O)CCCCCC[C@H]1C(=O)C[C@H](O)[C@@H]1C#C[C@@](C)(O)CCc1ccc(Br)cc1. The van der Waals surface area contributed by atoms with Crippen molar-refractivity contribution in [3.63, 3.8) is 0 Å². The second-order valence-electron chi connectivity index (χ2n) is 8.57. The molecular formula is C25H33BrO5. The zero-order valence-electron chi connectivity index (χ0n) is 18.4. The lowest BCUT2D eigenvalue weighted by atomic mass is 9.88. The van der Waals surface area contributed by atoms with Crippen LogP contribution in [0.5, 0.6) is 0 Å². The van der Waals surface area contributed by atoms with Crippen LogP contribution in [0.4, 0.5) is 0 Å². The van der Waals surface area contributed by atoms with Gasteiger partial charge >= 0.3 is 5.97 Å². The molecule has 4 atom stereocenters. The van der Waals surface area contributed by atoms with Gasteiger partial charge in [-0.05, 0) is 50.3 Å². The number of carbonyl (C=O) groups excluding carboxylic acids is 2. The van der Waals surface area contributed by atoms with Crippen molar-refractivity contribution in [1.82, 2.24) is 0 Å². The van der Waals surface area contributed by atoms with Crippen LogP contribution in [-0.4, -0.2) is 40.8 Å². The molecule has 0 bridgehead atoms. The Morgan fingerprint density at radius 2 is 1.90 bits per heavy atom. The fourth-order valence-electron chi connectivity index (χ4n) is 3.92. The van der Waals surface area contributed by atoms with Gasteiger partial charge in [-0.15, -0.1) is 0 Å². The van der Waals surface area contributed by atoms with Crippen LogP contribution in [0, 0.1) is 23.7 Å². The fraction of sp³-hybridized carbons (Fsp3) is 0.600. The molecule has 1 aromatic rings. The molecule has 6 heteroatoms. The third-order valence-electron chi connectivity index (χ3n) is 5.87. The van der Waals surface area contributed by atoms with Crippen LogP contribution < -0.4 is 0 Å². The molecule has 1 fully saturated rings. The van der Waals surface area contributed by atoms with E-state index in [1.54, 1.807) is 6.92 Å². The minimum Gasteiger partial charge on any atom is -0.469 e. The van der Waals surface area contributed by atoms with Crippen LogP contribution in [0.15, 0.2) is 28.7 Å². The summed E-state index contributed by atoms with van der Waals surface area (Å²) in [5.74, 6) is 5.10. The van der Waals surface area contributed by atoms with Gasteiger partial charge < -0.3 is 14.9 Å². The summed E-state index contributed by atoms with van der Waals surface area (Å²) in [4.78, 5) is 23.5. The number of hydrogen-bond acceptors (Lipinski definition) is 5. The first kappa shape index (κ1) is 25.6. The first-order valence-corrected chi connectivity index (χ1v) is 11.8. The smallest absolute Gasteiger partial charge is 0.305 e. The summed E-state index contributed by atoms with van der Waals surface area (Å²) in [7, 11) is 1.39. The number of carbonyl (C=O) groups is 2. The first-order chi connectivity index (χ1) is 14.7. The molecule has 0 radical (unpaired) electrons.